The second-order valence-electron chi connectivity index (χ2n) is 10.0. The predicted octanol–water partition coefficient (Wildman–Crippen LogP) is 5.28. The summed E-state index contributed by atoms with van der Waals surface area (Å²) in [5.74, 6) is -1.28. The Morgan fingerprint density at radius 2 is 1.48 bits per heavy atom. The van der Waals surface area contributed by atoms with E-state index < -0.39 is 34.3 Å². The number of carbonyl (C=O) groups is 2. The van der Waals surface area contributed by atoms with Gasteiger partial charge in [0.05, 0.1) is 10.6 Å². The lowest BCUT2D eigenvalue weighted by Crippen LogP contribution is -2.52. The van der Waals surface area contributed by atoms with Crippen LogP contribution < -0.4 is 9.62 Å². The Hall–Kier alpha value is -3.72. The molecular formula is C31H38FN3O4S. The number of nitrogens with zero attached hydrogens (tertiary/aromatic N) is 2. The number of rotatable bonds is 12. The molecule has 0 heterocycles. The molecule has 0 spiro atoms. The number of halogens is 1. The summed E-state index contributed by atoms with van der Waals surface area (Å²) in [5.41, 5.74) is 3.58. The molecule has 1 N–H and O–H groups in total. The Bertz CT molecular complexity index is 1400. The number of anilines is 1. The molecule has 0 aliphatic heterocycles. The minimum absolute atomic E-state index is 0.0163. The zero-order valence-corrected chi connectivity index (χ0v) is 24.6. The largest absolute Gasteiger partial charge is 0.354 e. The maximum atomic E-state index is 14.0. The third-order valence-corrected chi connectivity index (χ3v) is 8.37. The van der Waals surface area contributed by atoms with Crippen LogP contribution in [0.5, 0.6) is 0 Å². The van der Waals surface area contributed by atoms with Gasteiger partial charge in [0.2, 0.25) is 11.8 Å². The number of carbonyl (C=O) groups excluding carboxylic acids is 2. The molecule has 214 valence electrons. The van der Waals surface area contributed by atoms with Crippen molar-refractivity contribution in [2.24, 2.45) is 0 Å². The molecule has 7 nitrogen and oxygen atoms in total. The van der Waals surface area contributed by atoms with Gasteiger partial charge in [0.25, 0.3) is 10.0 Å². The highest BCUT2D eigenvalue weighted by Gasteiger charge is 2.33. The van der Waals surface area contributed by atoms with E-state index >= 15 is 0 Å². The van der Waals surface area contributed by atoms with Crippen molar-refractivity contribution in [3.05, 3.63) is 94.8 Å². The Labute approximate surface area is 237 Å². The van der Waals surface area contributed by atoms with Gasteiger partial charge >= 0.3 is 0 Å². The molecule has 2 amide bonds. The number of nitrogens with one attached hydrogen (secondary N) is 1. The fourth-order valence-electron chi connectivity index (χ4n) is 4.53. The Morgan fingerprint density at radius 3 is 2.02 bits per heavy atom. The number of hydrogen-bond acceptors (Lipinski definition) is 4. The predicted molar refractivity (Wildman–Crippen MR) is 156 cm³/mol. The summed E-state index contributed by atoms with van der Waals surface area (Å²) in [4.78, 5) is 28.6. The van der Waals surface area contributed by atoms with E-state index in [1.165, 1.54) is 29.2 Å². The molecule has 0 fully saturated rings. The van der Waals surface area contributed by atoms with Crippen LogP contribution in [0.3, 0.4) is 0 Å². The van der Waals surface area contributed by atoms with E-state index in [0.29, 0.717) is 24.2 Å². The van der Waals surface area contributed by atoms with Crippen molar-refractivity contribution in [3.63, 3.8) is 0 Å². The highest BCUT2D eigenvalue weighted by molar-refractivity contribution is 7.92. The van der Waals surface area contributed by atoms with Crippen molar-refractivity contribution in [3.8, 4) is 0 Å². The Morgan fingerprint density at radius 1 is 0.875 bits per heavy atom. The van der Waals surface area contributed by atoms with E-state index in [1.54, 1.807) is 43.3 Å². The first-order valence-electron chi connectivity index (χ1n) is 13.5. The van der Waals surface area contributed by atoms with E-state index in [-0.39, 0.29) is 17.3 Å². The van der Waals surface area contributed by atoms with Gasteiger partial charge in [0, 0.05) is 13.1 Å². The molecule has 9 heteroatoms. The van der Waals surface area contributed by atoms with Crippen LogP contribution >= 0.6 is 0 Å². The van der Waals surface area contributed by atoms with Crippen molar-refractivity contribution in [2.45, 2.75) is 64.9 Å². The fourth-order valence-corrected chi connectivity index (χ4v) is 5.93. The molecular weight excluding hydrogens is 529 g/mol. The first kappa shape index (κ1) is 30.8. The average Bonchev–Trinajstić information content (AvgIpc) is 2.91. The fraction of sp³-hybridized carbons (Fsp3) is 0.355. The van der Waals surface area contributed by atoms with Crippen LogP contribution in [-0.2, 0) is 26.2 Å². The zero-order valence-electron chi connectivity index (χ0n) is 23.8. The monoisotopic (exact) mass is 567 g/mol. The number of sulfonamides is 1. The lowest BCUT2D eigenvalue weighted by molar-refractivity contribution is -0.140. The van der Waals surface area contributed by atoms with E-state index in [2.05, 4.69) is 5.32 Å². The summed E-state index contributed by atoms with van der Waals surface area (Å²) in [6.07, 6.45) is 1.04. The molecule has 0 unspecified atom stereocenters. The minimum Gasteiger partial charge on any atom is -0.354 e. The van der Waals surface area contributed by atoms with Crippen molar-refractivity contribution < 1.29 is 22.4 Å². The SMILES string of the molecule is CCCNC(=O)[C@@H](CC)N(Cc1ccc(F)cc1)C(=O)CN(c1cc(C)cc(C)c1)S(=O)(=O)c1ccc(C)cc1. The van der Waals surface area contributed by atoms with E-state index in [0.717, 1.165) is 27.4 Å². The molecule has 3 aromatic rings. The normalized spacial score (nSPS) is 12.1. The summed E-state index contributed by atoms with van der Waals surface area (Å²) in [6, 6.07) is 16.7. The number of benzene rings is 3. The molecule has 0 aliphatic carbocycles. The van der Waals surface area contributed by atoms with Gasteiger partial charge in [-0.25, -0.2) is 12.8 Å². The van der Waals surface area contributed by atoms with Crippen LogP contribution in [0.4, 0.5) is 10.1 Å². The second kappa shape index (κ2) is 13.6. The van der Waals surface area contributed by atoms with E-state index in [4.69, 9.17) is 0 Å². The summed E-state index contributed by atoms with van der Waals surface area (Å²) in [5, 5.41) is 2.85. The molecule has 3 rings (SSSR count). The lowest BCUT2D eigenvalue weighted by Gasteiger charge is -2.33. The minimum atomic E-state index is -4.14. The zero-order chi connectivity index (χ0) is 29.4. The maximum Gasteiger partial charge on any atom is 0.264 e. The molecule has 0 saturated carbocycles. The number of amides is 2. The molecule has 0 radical (unpaired) electrons. The smallest absolute Gasteiger partial charge is 0.264 e. The molecule has 0 aromatic heterocycles. The van der Waals surface area contributed by atoms with Crippen molar-refractivity contribution in [1.29, 1.82) is 0 Å². The quantitative estimate of drug-likeness (QED) is 0.323. The molecule has 0 aliphatic rings. The average molecular weight is 568 g/mol. The number of aryl methyl sites for hydroxylation is 3. The van der Waals surface area contributed by atoms with Gasteiger partial charge in [0.1, 0.15) is 18.4 Å². The van der Waals surface area contributed by atoms with Gasteiger partial charge in [-0.3, -0.25) is 13.9 Å². The van der Waals surface area contributed by atoms with Gasteiger partial charge in [0.15, 0.2) is 0 Å². The summed E-state index contributed by atoms with van der Waals surface area (Å²) in [7, 11) is -4.14. The number of hydrogen-bond donors (Lipinski definition) is 1. The van der Waals surface area contributed by atoms with Crippen LogP contribution in [0.2, 0.25) is 0 Å². The van der Waals surface area contributed by atoms with Crippen LogP contribution in [0.25, 0.3) is 0 Å². The van der Waals surface area contributed by atoms with Crippen molar-refractivity contribution >= 4 is 27.5 Å². The maximum absolute atomic E-state index is 14.0. The molecule has 40 heavy (non-hydrogen) atoms. The van der Waals surface area contributed by atoms with Gasteiger partial charge < -0.3 is 10.2 Å². The third-order valence-electron chi connectivity index (χ3n) is 6.58. The van der Waals surface area contributed by atoms with Crippen molar-refractivity contribution in [1.82, 2.24) is 10.2 Å². The lowest BCUT2D eigenvalue weighted by atomic mass is 10.1. The van der Waals surface area contributed by atoms with Gasteiger partial charge in [-0.05, 0) is 86.7 Å². The van der Waals surface area contributed by atoms with Crippen LogP contribution in [0, 0.1) is 26.6 Å². The Kier molecular flexibility index (Phi) is 10.5. The third kappa shape index (κ3) is 7.69. The first-order chi connectivity index (χ1) is 19.0. The van der Waals surface area contributed by atoms with E-state index in [9.17, 15) is 22.4 Å². The first-order valence-corrected chi connectivity index (χ1v) is 14.9. The Balaban J connectivity index is 2.08. The van der Waals surface area contributed by atoms with Gasteiger partial charge in [-0.15, -0.1) is 0 Å². The molecule has 3 aromatic carbocycles. The van der Waals surface area contributed by atoms with Crippen LogP contribution in [-0.4, -0.2) is 44.3 Å². The highest BCUT2D eigenvalue weighted by Crippen LogP contribution is 2.27. The van der Waals surface area contributed by atoms with E-state index in [1.807, 2.05) is 33.8 Å². The van der Waals surface area contributed by atoms with Gasteiger partial charge in [-0.1, -0.05) is 49.7 Å². The van der Waals surface area contributed by atoms with Gasteiger partial charge in [-0.2, -0.15) is 0 Å². The topological polar surface area (TPSA) is 86.8 Å². The summed E-state index contributed by atoms with van der Waals surface area (Å²) >= 11 is 0. The van der Waals surface area contributed by atoms with Crippen molar-refractivity contribution in [2.75, 3.05) is 17.4 Å². The second-order valence-corrected chi connectivity index (χ2v) is 11.9. The summed E-state index contributed by atoms with van der Waals surface area (Å²) < 4.78 is 42.6. The summed E-state index contributed by atoms with van der Waals surface area (Å²) in [6.45, 7) is 9.27. The molecule has 0 saturated heterocycles. The molecule has 0 bridgehead atoms. The molecule has 1 atom stereocenters. The van der Waals surface area contributed by atoms with Crippen LogP contribution in [0.15, 0.2) is 71.6 Å². The standard InChI is InChI=1S/C31H38FN3O4S/c1-6-16-33-31(37)29(7-2)34(20-25-10-12-26(32)13-11-25)30(36)21-35(27-18-23(4)17-24(5)19-27)40(38,39)28-14-8-22(3)9-15-28/h8-15,17-19,29H,6-7,16,20-21H2,1-5H3,(H,33,37)/t29-/m1/s1. The highest BCUT2D eigenvalue weighted by atomic mass is 32.2. The van der Waals surface area contributed by atoms with Crippen LogP contribution in [0.1, 0.15) is 48.9 Å².